The number of nitro benzene ring substituents is 1. The van der Waals surface area contributed by atoms with E-state index in [-0.39, 0.29) is 5.69 Å². The number of anilines is 1. The van der Waals surface area contributed by atoms with Crippen LogP contribution < -0.4 is 10.1 Å². The largest absolute Gasteiger partial charge is 0.496 e. The number of rotatable bonds is 6. The highest BCUT2D eigenvalue weighted by Gasteiger charge is 2.14. The molecular weight excluding hydrogens is 292 g/mol. The van der Waals surface area contributed by atoms with Crippen molar-refractivity contribution in [2.75, 3.05) is 19.0 Å². The van der Waals surface area contributed by atoms with Gasteiger partial charge >= 0.3 is 0 Å². The molecule has 0 spiro atoms. The molecule has 0 saturated carbocycles. The fourth-order valence-corrected chi connectivity index (χ4v) is 2.06. The van der Waals surface area contributed by atoms with Gasteiger partial charge in [-0.3, -0.25) is 10.1 Å². The number of halogens is 1. The summed E-state index contributed by atoms with van der Waals surface area (Å²) in [7, 11) is 1.48. The zero-order valence-electron chi connectivity index (χ0n) is 11.5. The molecule has 2 aromatic rings. The molecule has 0 fully saturated rings. The van der Waals surface area contributed by atoms with Gasteiger partial charge in [0.1, 0.15) is 11.4 Å². The van der Waals surface area contributed by atoms with Crippen LogP contribution in [0.4, 0.5) is 11.4 Å². The molecule has 0 bridgehead atoms. The van der Waals surface area contributed by atoms with Crippen LogP contribution in [0.3, 0.4) is 0 Å². The Bertz CT molecular complexity index is 629. The summed E-state index contributed by atoms with van der Waals surface area (Å²) in [5.41, 5.74) is 1.60. The number of ether oxygens (including phenoxy) is 1. The normalized spacial score (nSPS) is 10.2. The fourth-order valence-electron chi connectivity index (χ4n) is 1.93. The number of methoxy groups -OCH3 is 1. The van der Waals surface area contributed by atoms with E-state index in [1.165, 1.54) is 13.2 Å². The SMILES string of the molecule is COc1ccc(NCCc2ccc(Cl)cc2)c([N+](=O)[O-])c1. The molecule has 0 saturated heterocycles. The molecule has 1 N–H and O–H groups in total. The predicted molar refractivity (Wildman–Crippen MR) is 83.3 cm³/mol. The zero-order chi connectivity index (χ0) is 15.2. The molecular formula is C15H15ClN2O3. The Hall–Kier alpha value is -2.27. The van der Waals surface area contributed by atoms with Gasteiger partial charge in [-0.25, -0.2) is 0 Å². The first-order chi connectivity index (χ1) is 10.1. The van der Waals surface area contributed by atoms with E-state index in [4.69, 9.17) is 16.3 Å². The fraction of sp³-hybridized carbons (Fsp3) is 0.200. The topological polar surface area (TPSA) is 64.4 Å². The molecule has 0 aliphatic carbocycles. The van der Waals surface area contributed by atoms with Gasteiger partial charge in [-0.05, 0) is 36.2 Å². The first-order valence-electron chi connectivity index (χ1n) is 6.41. The Morgan fingerprint density at radius 1 is 1.24 bits per heavy atom. The molecule has 6 heteroatoms. The Morgan fingerprint density at radius 2 is 1.95 bits per heavy atom. The van der Waals surface area contributed by atoms with Gasteiger partial charge in [0.25, 0.3) is 5.69 Å². The molecule has 110 valence electrons. The quantitative estimate of drug-likeness (QED) is 0.649. The highest BCUT2D eigenvalue weighted by atomic mass is 35.5. The summed E-state index contributed by atoms with van der Waals surface area (Å²) in [6, 6.07) is 12.3. The Balaban J connectivity index is 2.02. The lowest BCUT2D eigenvalue weighted by Gasteiger charge is -2.08. The van der Waals surface area contributed by atoms with Crippen molar-refractivity contribution < 1.29 is 9.66 Å². The molecule has 0 heterocycles. The van der Waals surface area contributed by atoms with E-state index in [1.54, 1.807) is 12.1 Å². The second-order valence-electron chi connectivity index (χ2n) is 4.44. The average Bonchev–Trinajstić information content (AvgIpc) is 2.49. The molecule has 0 aliphatic heterocycles. The lowest BCUT2D eigenvalue weighted by atomic mass is 10.1. The van der Waals surface area contributed by atoms with Gasteiger partial charge in [0.05, 0.1) is 18.1 Å². The summed E-state index contributed by atoms with van der Waals surface area (Å²) in [5, 5.41) is 14.8. The van der Waals surface area contributed by atoms with E-state index in [1.807, 2.05) is 24.3 Å². The molecule has 21 heavy (non-hydrogen) atoms. The summed E-state index contributed by atoms with van der Waals surface area (Å²) >= 11 is 5.82. The van der Waals surface area contributed by atoms with E-state index >= 15 is 0 Å². The van der Waals surface area contributed by atoms with Gasteiger partial charge in [-0.2, -0.15) is 0 Å². The predicted octanol–water partition coefficient (Wildman–Crippen LogP) is 3.91. The monoisotopic (exact) mass is 306 g/mol. The minimum atomic E-state index is -0.423. The van der Waals surface area contributed by atoms with Crippen molar-refractivity contribution in [3.8, 4) is 5.75 Å². The van der Waals surface area contributed by atoms with Crippen molar-refractivity contribution in [1.29, 1.82) is 0 Å². The molecule has 2 aromatic carbocycles. The number of nitrogens with one attached hydrogen (secondary N) is 1. The summed E-state index contributed by atoms with van der Waals surface area (Å²) in [5.74, 6) is 0.463. The van der Waals surface area contributed by atoms with Gasteiger partial charge in [-0.1, -0.05) is 23.7 Å². The standard InChI is InChI=1S/C15H15ClN2O3/c1-21-13-6-7-14(15(10-13)18(19)20)17-9-8-11-2-4-12(16)5-3-11/h2-7,10,17H,8-9H2,1H3. The van der Waals surface area contributed by atoms with Crippen LogP contribution in [0.15, 0.2) is 42.5 Å². The second kappa shape index (κ2) is 6.95. The molecule has 0 aromatic heterocycles. The third-order valence-electron chi connectivity index (χ3n) is 3.04. The molecule has 0 amide bonds. The van der Waals surface area contributed by atoms with Crippen LogP contribution in [0.2, 0.25) is 5.02 Å². The Labute approximate surface area is 127 Å². The molecule has 0 atom stereocenters. The average molecular weight is 307 g/mol. The molecule has 2 rings (SSSR count). The molecule has 0 aliphatic rings. The van der Waals surface area contributed by atoms with Gasteiger partial charge in [0.15, 0.2) is 0 Å². The van der Waals surface area contributed by atoms with E-state index in [2.05, 4.69) is 5.32 Å². The maximum atomic E-state index is 11.1. The van der Waals surface area contributed by atoms with E-state index in [0.29, 0.717) is 23.0 Å². The number of hydrogen-bond acceptors (Lipinski definition) is 4. The first-order valence-corrected chi connectivity index (χ1v) is 6.78. The Kier molecular flexibility index (Phi) is 5.00. The van der Waals surface area contributed by atoms with Crippen LogP contribution >= 0.6 is 11.6 Å². The van der Waals surface area contributed by atoms with Gasteiger partial charge in [0.2, 0.25) is 0 Å². The van der Waals surface area contributed by atoms with Crippen LogP contribution in [-0.4, -0.2) is 18.6 Å². The molecule has 0 unspecified atom stereocenters. The van der Waals surface area contributed by atoms with Gasteiger partial charge in [-0.15, -0.1) is 0 Å². The highest BCUT2D eigenvalue weighted by Crippen LogP contribution is 2.28. The minimum Gasteiger partial charge on any atom is -0.496 e. The van der Waals surface area contributed by atoms with Gasteiger partial charge in [0, 0.05) is 11.6 Å². The maximum absolute atomic E-state index is 11.1. The lowest BCUT2D eigenvalue weighted by Crippen LogP contribution is -2.07. The summed E-state index contributed by atoms with van der Waals surface area (Å²) in [6.07, 6.45) is 0.750. The van der Waals surface area contributed by atoms with Crippen molar-refractivity contribution >= 4 is 23.0 Å². The number of nitrogens with zero attached hydrogens (tertiary/aromatic N) is 1. The zero-order valence-corrected chi connectivity index (χ0v) is 12.3. The summed E-state index contributed by atoms with van der Waals surface area (Å²) < 4.78 is 5.00. The summed E-state index contributed by atoms with van der Waals surface area (Å²) in [4.78, 5) is 10.6. The van der Waals surface area contributed by atoms with Crippen molar-refractivity contribution in [3.63, 3.8) is 0 Å². The summed E-state index contributed by atoms with van der Waals surface area (Å²) in [6.45, 7) is 0.592. The van der Waals surface area contributed by atoms with Crippen LogP contribution in [0.1, 0.15) is 5.56 Å². The van der Waals surface area contributed by atoms with Gasteiger partial charge < -0.3 is 10.1 Å². The smallest absolute Gasteiger partial charge is 0.296 e. The van der Waals surface area contributed by atoms with E-state index in [0.717, 1.165) is 12.0 Å². The Morgan fingerprint density at radius 3 is 2.57 bits per heavy atom. The third-order valence-corrected chi connectivity index (χ3v) is 3.30. The highest BCUT2D eigenvalue weighted by molar-refractivity contribution is 6.30. The van der Waals surface area contributed by atoms with Crippen LogP contribution in [-0.2, 0) is 6.42 Å². The van der Waals surface area contributed by atoms with Crippen LogP contribution in [0, 0.1) is 10.1 Å². The lowest BCUT2D eigenvalue weighted by molar-refractivity contribution is -0.384. The maximum Gasteiger partial charge on any atom is 0.296 e. The van der Waals surface area contributed by atoms with Crippen molar-refractivity contribution in [1.82, 2.24) is 0 Å². The van der Waals surface area contributed by atoms with Crippen molar-refractivity contribution in [2.24, 2.45) is 0 Å². The number of hydrogen-bond donors (Lipinski definition) is 1. The van der Waals surface area contributed by atoms with Crippen LogP contribution in [0.5, 0.6) is 5.75 Å². The molecule has 0 radical (unpaired) electrons. The van der Waals surface area contributed by atoms with Crippen LogP contribution in [0.25, 0.3) is 0 Å². The van der Waals surface area contributed by atoms with Crippen molar-refractivity contribution in [3.05, 3.63) is 63.2 Å². The minimum absolute atomic E-state index is 0.00505. The first kappa shape index (κ1) is 15.1. The van der Waals surface area contributed by atoms with E-state index in [9.17, 15) is 10.1 Å². The number of benzene rings is 2. The number of nitro groups is 1. The second-order valence-corrected chi connectivity index (χ2v) is 4.88. The molecule has 5 nitrogen and oxygen atoms in total. The van der Waals surface area contributed by atoms with Crippen molar-refractivity contribution in [2.45, 2.75) is 6.42 Å². The van der Waals surface area contributed by atoms with E-state index < -0.39 is 4.92 Å². The third kappa shape index (κ3) is 4.10.